The molecule has 2 heterocycles. The number of aryl methyl sites for hydroxylation is 1. The maximum atomic E-state index is 12.7. The van der Waals surface area contributed by atoms with Crippen LogP contribution < -0.4 is 9.47 Å². The average molecular weight is 318 g/mol. The monoisotopic (exact) mass is 318 g/mol. The van der Waals surface area contributed by atoms with E-state index in [1.807, 2.05) is 18.2 Å². The van der Waals surface area contributed by atoms with Crippen molar-refractivity contribution in [2.45, 2.75) is 38.1 Å². The molecule has 0 spiro atoms. The summed E-state index contributed by atoms with van der Waals surface area (Å²) < 4.78 is 10.9. The molecule has 1 aromatic rings. The van der Waals surface area contributed by atoms with Crippen molar-refractivity contribution in [2.75, 3.05) is 34.0 Å². The molecule has 23 heavy (non-hydrogen) atoms. The first kappa shape index (κ1) is 16.1. The number of hydrogen-bond donors (Lipinski definition) is 0. The molecule has 0 N–H and O–H groups in total. The van der Waals surface area contributed by atoms with Gasteiger partial charge in [-0.3, -0.25) is 4.79 Å². The molecule has 5 nitrogen and oxygen atoms in total. The summed E-state index contributed by atoms with van der Waals surface area (Å²) in [5.41, 5.74) is 1.06. The predicted octanol–water partition coefficient (Wildman–Crippen LogP) is 2.29. The zero-order chi connectivity index (χ0) is 16.2. The van der Waals surface area contributed by atoms with Gasteiger partial charge in [0.15, 0.2) is 11.5 Å². The number of rotatable bonds is 5. The van der Waals surface area contributed by atoms with Crippen molar-refractivity contribution in [3.05, 3.63) is 23.8 Å². The van der Waals surface area contributed by atoms with Gasteiger partial charge in [-0.05, 0) is 51.4 Å². The van der Waals surface area contributed by atoms with Gasteiger partial charge in [-0.15, -0.1) is 0 Å². The summed E-state index contributed by atoms with van der Waals surface area (Å²) in [7, 11) is 4.14. The van der Waals surface area contributed by atoms with Crippen LogP contribution in [0.4, 0.5) is 0 Å². The van der Waals surface area contributed by atoms with Crippen LogP contribution in [0, 0.1) is 0 Å². The van der Waals surface area contributed by atoms with E-state index in [4.69, 9.17) is 9.47 Å². The largest absolute Gasteiger partial charge is 0.454 e. The Morgan fingerprint density at radius 3 is 3.00 bits per heavy atom. The van der Waals surface area contributed by atoms with Gasteiger partial charge in [0.2, 0.25) is 12.7 Å². The number of nitrogens with zero attached hydrogens (tertiary/aromatic N) is 2. The topological polar surface area (TPSA) is 42.0 Å². The summed E-state index contributed by atoms with van der Waals surface area (Å²) >= 11 is 0. The predicted molar refractivity (Wildman–Crippen MR) is 88.8 cm³/mol. The standard InChI is InChI=1S/C18H26N2O3/c1-19(2)12-15-7-3-4-11-20(15)17(21)10-9-14-6-5-8-16-18(14)23-13-22-16/h5-6,8,15H,3-4,7,9-13H2,1-2H3. The van der Waals surface area contributed by atoms with E-state index in [0.29, 0.717) is 18.9 Å². The smallest absolute Gasteiger partial charge is 0.231 e. The lowest BCUT2D eigenvalue weighted by molar-refractivity contribution is -0.135. The van der Waals surface area contributed by atoms with Crippen LogP contribution in [0.1, 0.15) is 31.2 Å². The van der Waals surface area contributed by atoms with Gasteiger partial charge < -0.3 is 19.3 Å². The van der Waals surface area contributed by atoms with Gasteiger partial charge in [0.1, 0.15) is 0 Å². The van der Waals surface area contributed by atoms with E-state index in [9.17, 15) is 4.79 Å². The third-order valence-corrected chi connectivity index (χ3v) is 4.61. The first-order chi connectivity index (χ1) is 11.1. The van der Waals surface area contributed by atoms with Crippen LogP contribution >= 0.6 is 0 Å². The molecule has 2 aliphatic heterocycles. The number of carbonyl (C=O) groups excluding carboxylic acids is 1. The van der Waals surface area contributed by atoms with Crippen LogP contribution in [0.25, 0.3) is 0 Å². The second-order valence-electron chi connectivity index (χ2n) is 6.65. The Balaban J connectivity index is 1.61. The average Bonchev–Trinajstić information content (AvgIpc) is 3.01. The minimum atomic E-state index is 0.257. The van der Waals surface area contributed by atoms with E-state index >= 15 is 0 Å². The summed E-state index contributed by atoms with van der Waals surface area (Å²) in [6.45, 7) is 2.12. The molecule has 0 saturated carbocycles. The summed E-state index contributed by atoms with van der Waals surface area (Å²) in [6.07, 6.45) is 4.69. The Morgan fingerprint density at radius 2 is 2.17 bits per heavy atom. The molecule has 0 aliphatic carbocycles. The van der Waals surface area contributed by atoms with E-state index < -0.39 is 0 Å². The van der Waals surface area contributed by atoms with Gasteiger partial charge in [0.25, 0.3) is 0 Å². The number of fused-ring (bicyclic) bond motifs is 1. The highest BCUT2D eigenvalue weighted by Gasteiger charge is 2.27. The van der Waals surface area contributed by atoms with E-state index in [-0.39, 0.29) is 12.7 Å². The fraction of sp³-hybridized carbons (Fsp3) is 0.611. The molecular weight excluding hydrogens is 292 g/mol. The summed E-state index contributed by atoms with van der Waals surface area (Å²) in [6, 6.07) is 6.25. The molecule has 1 fully saturated rings. The van der Waals surface area contributed by atoms with Crippen LogP contribution in [0.2, 0.25) is 0 Å². The molecule has 1 atom stereocenters. The summed E-state index contributed by atoms with van der Waals surface area (Å²) in [5, 5.41) is 0. The molecule has 3 rings (SSSR count). The molecule has 2 aliphatic rings. The number of piperidine rings is 1. The number of hydrogen-bond acceptors (Lipinski definition) is 4. The molecule has 0 radical (unpaired) electrons. The first-order valence-electron chi connectivity index (χ1n) is 8.47. The maximum Gasteiger partial charge on any atom is 0.231 e. The van der Waals surface area contributed by atoms with E-state index in [1.165, 1.54) is 6.42 Å². The van der Waals surface area contributed by atoms with Crippen LogP contribution in [-0.2, 0) is 11.2 Å². The van der Waals surface area contributed by atoms with Crippen molar-refractivity contribution in [1.82, 2.24) is 9.80 Å². The van der Waals surface area contributed by atoms with Gasteiger partial charge >= 0.3 is 0 Å². The number of likely N-dealkylation sites (N-methyl/N-ethyl adjacent to an activating group) is 1. The van der Waals surface area contributed by atoms with Gasteiger partial charge in [0.05, 0.1) is 0 Å². The lowest BCUT2D eigenvalue weighted by Gasteiger charge is -2.37. The Labute approximate surface area is 138 Å². The molecule has 1 unspecified atom stereocenters. The number of ether oxygens (including phenoxy) is 2. The highest BCUT2D eigenvalue weighted by molar-refractivity contribution is 5.77. The molecule has 126 valence electrons. The molecule has 0 aromatic heterocycles. The molecule has 1 saturated heterocycles. The van der Waals surface area contributed by atoms with Crippen molar-refractivity contribution >= 4 is 5.91 Å². The Kier molecular flexibility index (Phi) is 5.06. The van der Waals surface area contributed by atoms with Crippen molar-refractivity contribution in [3.63, 3.8) is 0 Å². The first-order valence-corrected chi connectivity index (χ1v) is 8.47. The molecule has 1 aromatic carbocycles. The Morgan fingerprint density at radius 1 is 1.30 bits per heavy atom. The number of para-hydroxylation sites is 1. The SMILES string of the molecule is CN(C)CC1CCCCN1C(=O)CCc1cccc2c1OCO2. The molecular formula is C18H26N2O3. The lowest BCUT2D eigenvalue weighted by Crippen LogP contribution is -2.48. The van der Waals surface area contributed by atoms with Crippen molar-refractivity contribution < 1.29 is 14.3 Å². The van der Waals surface area contributed by atoms with E-state index in [2.05, 4.69) is 23.9 Å². The normalized spacial score (nSPS) is 20.1. The van der Waals surface area contributed by atoms with Crippen molar-refractivity contribution in [1.29, 1.82) is 0 Å². The molecule has 0 bridgehead atoms. The summed E-state index contributed by atoms with van der Waals surface area (Å²) in [5.74, 6) is 1.86. The summed E-state index contributed by atoms with van der Waals surface area (Å²) in [4.78, 5) is 17.0. The molecule has 1 amide bonds. The third kappa shape index (κ3) is 3.78. The second kappa shape index (κ2) is 7.21. The van der Waals surface area contributed by atoms with E-state index in [1.54, 1.807) is 0 Å². The fourth-order valence-electron chi connectivity index (χ4n) is 3.51. The second-order valence-corrected chi connectivity index (χ2v) is 6.65. The van der Waals surface area contributed by atoms with Crippen LogP contribution in [0.3, 0.4) is 0 Å². The van der Waals surface area contributed by atoms with Gasteiger partial charge in [-0.2, -0.15) is 0 Å². The third-order valence-electron chi connectivity index (χ3n) is 4.61. The van der Waals surface area contributed by atoms with E-state index in [0.717, 1.165) is 43.0 Å². The maximum absolute atomic E-state index is 12.7. The van der Waals surface area contributed by atoms with Gasteiger partial charge in [-0.1, -0.05) is 12.1 Å². The number of likely N-dealkylation sites (tertiary alicyclic amines) is 1. The fourth-order valence-corrected chi connectivity index (χ4v) is 3.51. The Hall–Kier alpha value is -1.75. The lowest BCUT2D eigenvalue weighted by atomic mass is 10.00. The highest BCUT2D eigenvalue weighted by atomic mass is 16.7. The number of amides is 1. The number of benzene rings is 1. The molecule has 5 heteroatoms. The highest BCUT2D eigenvalue weighted by Crippen LogP contribution is 2.36. The minimum Gasteiger partial charge on any atom is -0.454 e. The Bertz CT molecular complexity index is 559. The number of carbonyl (C=O) groups is 1. The van der Waals surface area contributed by atoms with Crippen molar-refractivity contribution in [2.24, 2.45) is 0 Å². The zero-order valence-electron chi connectivity index (χ0n) is 14.1. The minimum absolute atomic E-state index is 0.257. The van der Waals surface area contributed by atoms with Gasteiger partial charge in [0, 0.05) is 25.6 Å². The van der Waals surface area contributed by atoms with Crippen molar-refractivity contribution in [3.8, 4) is 11.5 Å². The van der Waals surface area contributed by atoms with Gasteiger partial charge in [-0.25, -0.2) is 0 Å². The van der Waals surface area contributed by atoms with Crippen LogP contribution in [0.15, 0.2) is 18.2 Å². The zero-order valence-corrected chi connectivity index (χ0v) is 14.1. The quantitative estimate of drug-likeness (QED) is 0.835. The van der Waals surface area contributed by atoms with Crippen LogP contribution in [-0.4, -0.2) is 55.7 Å². The van der Waals surface area contributed by atoms with Crippen LogP contribution in [0.5, 0.6) is 11.5 Å².